The van der Waals surface area contributed by atoms with Crippen LogP contribution in [0.4, 0.5) is 5.69 Å². The smallest absolute Gasteiger partial charge is 0.261 e. The second kappa shape index (κ2) is 15.6. The van der Waals surface area contributed by atoms with E-state index in [0.717, 1.165) is 36.2 Å². The summed E-state index contributed by atoms with van der Waals surface area (Å²) >= 11 is 0. The molecule has 2 amide bonds. The summed E-state index contributed by atoms with van der Waals surface area (Å²) in [5, 5.41) is 20.2. The van der Waals surface area contributed by atoms with Gasteiger partial charge in [0.1, 0.15) is 11.5 Å². The van der Waals surface area contributed by atoms with Crippen LogP contribution in [-0.2, 0) is 31.3 Å². The number of rotatable bonds is 9. The molecule has 0 saturated carbocycles. The fraction of sp³-hybridized carbons (Fsp3) is 0.295. The molecule has 2 aliphatic heterocycles. The number of carbonyl (C=O) groups excluding carboxylic acids is 2. The highest BCUT2D eigenvalue weighted by atomic mass is 16.5. The predicted molar refractivity (Wildman–Crippen MR) is 208 cm³/mol. The Labute approximate surface area is 316 Å². The molecule has 1 atom stereocenters. The summed E-state index contributed by atoms with van der Waals surface area (Å²) in [5.74, 6) is 0.369. The van der Waals surface area contributed by atoms with Crippen molar-refractivity contribution in [2.75, 3.05) is 44.9 Å². The van der Waals surface area contributed by atoms with Crippen LogP contribution < -0.4 is 9.64 Å². The molecule has 1 N–H and O–H groups in total. The topological polar surface area (TPSA) is 111 Å². The average molecular weight is 724 g/mol. The number of carbonyl (C=O) groups is 2. The third kappa shape index (κ3) is 7.21. The van der Waals surface area contributed by atoms with Crippen molar-refractivity contribution in [2.24, 2.45) is 7.05 Å². The van der Waals surface area contributed by atoms with Gasteiger partial charge in [-0.25, -0.2) is 0 Å². The molecule has 276 valence electrons. The lowest BCUT2D eigenvalue weighted by atomic mass is 9.90. The lowest BCUT2D eigenvalue weighted by molar-refractivity contribution is 0.0193. The van der Waals surface area contributed by atoms with Gasteiger partial charge in [0, 0.05) is 68.0 Å². The fourth-order valence-electron chi connectivity index (χ4n) is 7.72. The van der Waals surface area contributed by atoms with Crippen molar-refractivity contribution >= 4 is 17.5 Å². The molecule has 0 spiro atoms. The average Bonchev–Trinajstić information content (AvgIpc) is 3.50. The molecule has 54 heavy (non-hydrogen) atoms. The maximum atomic E-state index is 15.1. The van der Waals surface area contributed by atoms with Gasteiger partial charge >= 0.3 is 0 Å². The quantitative estimate of drug-likeness (QED) is 0.182. The number of aryl methyl sites for hydroxylation is 1. The number of aromatic nitrogens is 1. The van der Waals surface area contributed by atoms with E-state index in [9.17, 15) is 10.4 Å². The van der Waals surface area contributed by atoms with Crippen LogP contribution in [0.3, 0.4) is 0 Å². The van der Waals surface area contributed by atoms with Gasteiger partial charge in [0.15, 0.2) is 0 Å². The minimum absolute atomic E-state index is 0.0799. The van der Waals surface area contributed by atoms with Gasteiger partial charge < -0.3 is 28.9 Å². The lowest BCUT2D eigenvalue weighted by Crippen LogP contribution is -2.52. The maximum Gasteiger partial charge on any atom is 0.261 e. The van der Waals surface area contributed by atoms with Crippen LogP contribution in [0.2, 0.25) is 0 Å². The number of fused-ring (bicyclic) bond motifs is 1. The number of nitrogens with zero attached hydrogens (tertiary/aromatic N) is 5. The molecule has 4 aromatic carbocycles. The number of hydrogen-bond donors (Lipinski definition) is 1. The van der Waals surface area contributed by atoms with Gasteiger partial charge in [0.2, 0.25) is 0 Å². The van der Waals surface area contributed by atoms with Crippen LogP contribution in [0.1, 0.15) is 54.2 Å². The zero-order chi connectivity index (χ0) is 37.9. The molecule has 1 aromatic heterocycles. The van der Waals surface area contributed by atoms with Crippen LogP contribution >= 0.6 is 0 Å². The lowest BCUT2D eigenvalue weighted by Gasteiger charge is -2.40. The Morgan fingerprint density at radius 1 is 0.963 bits per heavy atom. The third-order valence-corrected chi connectivity index (χ3v) is 10.9. The summed E-state index contributed by atoms with van der Waals surface area (Å²) in [4.78, 5) is 36.1. The van der Waals surface area contributed by atoms with Gasteiger partial charge in [-0.15, -0.1) is 0 Å². The van der Waals surface area contributed by atoms with Gasteiger partial charge in [-0.05, 0) is 96.6 Å². The molecule has 7 rings (SSSR count). The summed E-state index contributed by atoms with van der Waals surface area (Å²) in [7, 11) is 3.50. The molecule has 10 nitrogen and oxygen atoms in total. The van der Waals surface area contributed by atoms with E-state index in [1.807, 2.05) is 66.9 Å². The van der Waals surface area contributed by atoms with Crippen LogP contribution in [0, 0.1) is 25.2 Å². The Morgan fingerprint density at radius 2 is 1.70 bits per heavy atom. The van der Waals surface area contributed by atoms with Crippen LogP contribution in [0.5, 0.6) is 11.5 Å². The summed E-state index contributed by atoms with van der Waals surface area (Å²) in [6.07, 6.45) is 2.60. The Morgan fingerprint density at radius 3 is 2.43 bits per heavy atom. The first kappa shape index (κ1) is 36.5. The molecule has 1 saturated heterocycles. The minimum atomic E-state index is -0.283. The molecule has 5 aromatic rings. The van der Waals surface area contributed by atoms with E-state index in [2.05, 4.69) is 23.1 Å². The van der Waals surface area contributed by atoms with Crippen molar-refractivity contribution in [1.82, 2.24) is 14.4 Å². The molecule has 3 heterocycles. The molecular formula is C44H45N5O5. The summed E-state index contributed by atoms with van der Waals surface area (Å²) < 4.78 is 13.1. The number of ether oxygens (including phenoxy) is 2. The first-order valence-electron chi connectivity index (χ1n) is 18.3. The van der Waals surface area contributed by atoms with E-state index in [1.165, 1.54) is 5.56 Å². The second-order valence-corrected chi connectivity index (χ2v) is 14.1. The van der Waals surface area contributed by atoms with Crippen molar-refractivity contribution in [3.05, 3.63) is 136 Å². The first-order valence-corrected chi connectivity index (χ1v) is 18.3. The molecular weight excluding hydrogens is 679 g/mol. The first-order chi connectivity index (χ1) is 26.2. The van der Waals surface area contributed by atoms with Crippen molar-refractivity contribution in [2.45, 2.75) is 39.4 Å². The molecule has 0 aliphatic carbocycles. The van der Waals surface area contributed by atoms with Crippen molar-refractivity contribution in [3.63, 3.8) is 0 Å². The van der Waals surface area contributed by atoms with E-state index >= 15 is 9.59 Å². The number of aromatic hydroxyl groups is 1. The van der Waals surface area contributed by atoms with Crippen molar-refractivity contribution in [3.8, 4) is 28.7 Å². The molecule has 1 fully saturated rings. The largest absolute Gasteiger partial charge is 0.508 e. The summed E-state index contributed by atoms with van der Waals surface area (Å²) in [6.45, 7) is 8.20. The number of benzene rings is 4. The number of anilines is 1. The molecule has 0 radical (unpaired) electrons. The molecule has 0 bridgehead atoms. The number of amides is 2. The van der Waals surface area contributed by atoms with Gasteiger partial charge in [0.05, 0.1) is 44.1 Å². The SMILES string of the molecule is COc1cccc(CN(C(=O)c2c(-c3cc(C#N)ccc3C(=O)N3Cc4ccccc4C[C@H]3CN3CCOCC3)cn(C)c2C)c2ccc(O)cc2)c1C. The highest BCUT2D eigenvalue weighted by molar-refractivity contribution is 6.13. The van der Waals surface area contributed by atoms with Crippen LogP contribution in [0.15, 0.2) is 91.1 Å². The number of phenolic OH excluding ortho intramolecular Hbond substituents is 1. The normalized spacial score (nSPS) is 15.7. The Balaban J connectivity index is 1.33. The standard InChI is InChI=1S/C44H45N5O5/c1-29-33(10-7-11-41(29)53-4)25-48(35-13-15-37(50)16-14-35)44(52)42-30(2)46(3)28-40(42)39-22-31(24-45)12-17-38(39)43(51)49-26-34-9-6-5-8-32(34)23-36(49)27-47-18-20-54-21-19-47/h5-17,22,28,36,50H,18-21,23,25-27H2,1-4H3/t36-/m0/s1. The highest BCUT2D eigenvalue weighted by Gasteiger charge is 2.35. The van der Waals surface area contributed by atoms with Crippen molar-refractivity contribution < 1.29 is 24.2 Å². The van der Waals surface area contributed by atoms with E-state index in [4.69, 9.17) is 9.47 Å². The number of phenols is 1. The Kier molecular flexibility index (Phi) is 10.5. The number of morpholine rings is 1. The molecule has 2 aliphatic rings. The van der Waals surface area contributed by atoms with E-state index < -0.39 is 0 Å². The van der Waals surface area contributed by atoms with Crippen LogP contribution in [-0.4, -0.2) is 77.3 Å². The molecule has 10 heteroatoms. The molecule has 0 unspecified atom stereocenters. The number of hydrogen-bond acceptors (Lipinski definition) is 7. The monoisotopic (exact) mass is 723 g/mol. The van der Waals surface area contributed by atoms with Gasteiger partial charge in [-0.2, -0.15) is 5.26 Å². The zero-order valence-corrected chi connectivity index (χ0v) is 31.2. The number of nitriles is 1. The van der Waals surface area contributed by atoms with E-state index in [1.54, 1.807) is 54.5 Å². The van der Waals surface area contributed by atoms with Gasteiger partial charge in [-0.3, -0.25) is 14.5 Å². The predicted octanol–water partition coefficient (Wildman–Crippen LogP) is 6.64. The van der Waals surface area contributed by atoms with E-state index in [0.29, 0.717) is 71.3 Å². The van der Waals surface area contributed by atoms with Gasteiger partial charge in [-0.1, -0.05) is 36.4 Å². The summed E-state index contributed by atoms with van der Waals surface area (Å²) in [5.41, 5.74) is 7.79. The third-order valence-electron chi connectivity index (χ3n) is 10.9. The minimum Gasteiger partial charge on any atom is -0.508 e. The highest BCUT2D eigenvalue weighted by Crippen LogP contribution is 2.36. The van der Waals surface area contributed by atoms with Gasteiger partial charge in [0.25, 0.3) is 11.8 Å². The second-order valence-electron chi connectivity index (χ2n) is 14.1. The zero-order valence-electron chi connectivity index (χ0n) is 31.2. The van der Waals surface area contributed by atoms with E-state index in [-0.39, 0.29) is 30.2 Å². The fourth-order valence-corrected chi connectivity index (χ4v) is 7.72. The number of methoxy groups -OCH3 is 1. The summed E-state index contributed by atoms with van der Waals surface area (Å²) in [6, 6.07) is 27.9. The Bertz CT molecular complexity index is 2230. The van der Waals surface area contributed by atoms with Crippen molar-refractivity contribution in [1.29, 1.82) is 5.26 Å². The van der Waals surface area contributed by atoms with Crippen LogP contribution in [0.25, 0.3) is 11.1 Å². The Hall–Kier alpha value is -5.89. The maximum absolute atomic E-state index is 15.1.